The maximum atomic E-state index is 14.5. The lowest BCUT2D eigenvalue weighted by atomic mass is 9.95. The van der Waals surface area contributed by atoms with Crippen LogP contribution in [0.2, 0.25) is 0 Å². The summed E-state index contributed by atoms with van der Waals surface area (Å²) in [6.45, 7) is 0. The minimum atomic E-state index is -1.55. The Kier molecular flexibility index (Phi) is 6.23. The van der Waals surface area contributed by atoms with Crippen LogP contribution in [0.4, 0.5) is 17.6 Å². The van der Waals surface area contributed by atoms with Gasteiger partial charge in [0.15, 0.2) is 17.5 Å². The summed E-state index contributed by atoms with van der Waals surface area (Å²) in [6, 6.07) is 8.96. The molecule has 5 heteroatoms. The normalized spacial score (nSPS) is 12.4. The van der Waals surface area contributed by atoms with Gasteiger partial charge >= 0.3 is 0 Å². The highest BCUT2D eigenvalue weighted by atomic mass is 127. The Morgan fingerprint density at radius 3 is 2.36 bits per heavy atom. The largest absolute Gasteiger partial charge is 0.242 e. The van der Waals surface area contributed by atoms with Gasteiger partial charge in [-0.15, -0.1) is 0 Å². The summed E-state index contributed by atoms with van der Waals surface area (Å²) < 4.78 is 55.3. The van der Waals surface area contributed by atoms with Gasteiger partial charge in [-0.25, -0.2) is 17.6 Å². The van der Waals surface area contributed by atoms with Crippen molar-refractivity contribution < 1.29 is 17.6 Å². The zero-order valence-electron chi connectivity index (χ0n) is 11.8. The lowest BCUT2D eigenvalue weighted by Crippen LogP contribution is -2.05. The van der Waals surface area contributed by atoms with Crippen molar-refractivity contribution in [1.29, 1.82) is 0 Å². The van der Waals surface area contributed by atoms with E-state index in [-0.39, 0.29) is 12.0 Å². The molecule has 0 aromatic heterocycles. The molecule has 0 bridgehead atoms. The van der Waals surface area contributed by atoms with Crippen molar-refractivity contribution in [3.63, 3.8) is 0 Å². The van der Waals surface area contributed by atoms with Gasteiger partial charge in [0.2, 0.25) is 0 Å². The molecule has 1 atom stereocenters. The number of aryl methyl sites for hydroxylation is 1. The van der Waals surface area contributed by atoms with Crippen LogP contribution < -0.4 is 0 Å². The Morgan fingerprint density at radius 1 is 0.909 bits per heavy atom. The van der Waals surface area contributed by atoms with E-state index < -0.39 is 23.6 Å². The molecule has 0 amide bonds. The van der Waals surface area contributed by atoms with Crippen molar-refractivity contribution >= 4 is 22.6 Å². The zero-order valence-corrected chi connectivity index (χ0v) is 13.9. The van der Waals surface area contributed by atoms with Crippen molar-refractivity contribution in [3.05, 3.63) is 70.5 Å². The number of hydrogen-bond donors (Lipinski definition) is 0. The number of rotatable bonds is 6. The quantitative estimate of drug-likeness (QED) is 0.242. The van der Waals surface area contributed by atoms with E-state index in [2.05, 4.69) is 22.6 Å². The van der Waals surface area contributed by atoms with E-state index in [1.807, 2.05) is 12.1 Å². The van der Waals surface area contributed by atoms with Crippen molar-refractivity contribution in [2.45, 2.75) is 25.4 Å². The number of halogens is 5. The van der Waals surface area contributed by atoms with Crippen LogP contribution in [-0.4, -0.2) is 4.43 Å². The summed E-state index contributed by atoms with van der Waals surface area (Å²) >= 11 is 2.25. The molecule has 2 aromatic rings. The molecule has 0 saturated heterocycles. The molecule has 0 nitrogen and oxygen atoms in total. The van der Waals surface area contributed by atoms with Crippen LogP contribution in [0.1, 0.15) is 29.3 Å². The molecule has 0 heterocycles. The monoisotopic (exact) mass is 422 g/mol. The molecule has 2 aromatic carbocycles. The van der Waals surface area contributed by atoms with Crippen molar-refractivity contribution in [2.24, 2.45) is 0 Å². The van der Waals surface area contributed by atoms with Gasteiger partial charge in [0, 0.05) is 6.42 Å². The fraction of sp³-hybridized carbons (Fsp3) is 0.294. The Labute approximate surface area is 140 Å². The van der Waals surface area contributed by atoms with Crippen LogP contribution >= 0.6 is 22.6 Å². The van der Waals surface area contributed by atoms with Crippen molar-refractivity contribution in [2.75, 3.05) is 4.43 Å². The number of benzene rings is 2. The fourth-order valence-electron chi connectivity index (χ4n) is 2.35. The van der Waals surface area contributed by atoms with Crippen LogP contribution in [-0.2, 0) is 12.8 Å². The smallest absolute Gasteiger partial charge is 0.194 e. The molecular weight excluding hydrogens is 407 g/mol. The molecule has 0 aliphatic heterocycles. The molecule has 0 aliphatic rings. The highest BCUT2D eigenvalue weighted by Crippen LogP contribution is 2.28. The molecule has 0 radical (unpaired) electrons. The van der Waals surface area contributed by atoms with E-state index in [0.717, 1.165) is 35.0 Å². The number of alkyl halides is 2. The van der Waals surface area contributed by atoms with E-state index in [9.17, 15) is 17.6 Å². The average molecular weight is 422 g/mol. The van der Waals surface area contributed by atoms with Gasteiger partial charge < -0.3 is 0 Å². The van der Waals surface area contributed by atoms with E-state index in [1.54, 1.807) is 12.1 Å². The van der Waals surface area contributed by atoms with Crippen LogP contribution in [0.15, 0.2) is 36.4 Å². The topological polar surface area (TPSA) is 0 Å². The fourth-order valence-corrected chi connectivity index (χ4v) is 2.73. The predicted molar refractivity (Wildman–Crippen MR) is 87.5 cm³/mol. The molecule has 0 spiro atoms. The Hall–Kier alpha value is -1.11. The number of hydrogen-bond acceptors (Lipinski definition) is 0. The van der Waals surface area contributed by atoms with Crippen LogP contribution in [0.3, 0.4) is 0 Å². The van der Waals surface area contributed by atoms with Gasteiger partial charge in [-0.2, -0.15) is 0 Å². The molecule has 22 heavy (non-hydrogen) atoms. The lowest BCUT2D eigenvalue weighted by Gasteiger charge is -2.14. The molecule has 0 N–H and O–H groups in total. The maximum absolute atomic E-state index is 14.5. The molecular formula is C17H15F4I. The lowest BCUT2D eigenvalue weighted by molar-refractivity contribution is 0.333. The van der Waals surface area contributed by atoms with E-state index >= 15 is 0 Å². The Balaban J connectivity index is 2.23. The predicted octanol–water partition coefficient (Wildman–Crippen LogP) is 5.72. The first-order valence-electron chi connectivity index (χ1n) is 6.94. The summed E-state index contributed by atoms with van der Waals surface area (Å²) in [5.74, 6) is -4.13. The van der Waals surface area contributed by atoms with Gasteiger partial charge in [0.1, 0.15) is 6.17 Å². The summed E-state index contributed by atoms with van der Waals surface area (Å²) in [7, 11) is 0. The standard InChI is InChI=1S/C17H15F4I/c18-14-8-7-12(16(20)17(14)21)10-15(19)13-6-2-1-4-11(13)5-3-9-22/h1-2,4,6-8,15H,3,5,9-10H2. The average Bonchev–Trinajstić information content (AvgIpc) is 2.53. The third kappa shape index (κ3) is 4.00. The minimum absolute atomic E-state index is 0.157. The summed E-state index contributed by atoms with van der Waals surface area (Å²) in [5.41, 5.74) is 1.20. The van der Waals surface area contributed by atoms with Gasteiger partial charge in [0.05, 0.1) is 0 Å². The third-order valence-electron chi connectivity index (χ3n) is 3.49. The molecule has 2 rings (SSSR count). The SMILES string of the molecule is Fc1ccc(CC(F)c2ccccc2CCCI)c(F)c1F. The summed E-state index contributed by atoms with van der Waals surface area (Å²) in [5, 5.41) is 0. The second-order valence-corrected chi connectivity index (χ2v) is 6.08. The maximum Gasteiger partial charge on any atom is 0.194 e. The molecule has 0 saturated carbocycles. The summed E-state index contributed by atoms with van der Waals surface area (Å²) in [4.78, 5) is 0. The molecule has 0 fully saturated rings. The molecule has 0 aliphatic carbocycles. The van der Waals surface area contributed by atoms with E-state index in [1.165, 1.54) is 0 Å². The highest BCUT2D eigenvalue weighted by molar-refractivity contribution is 14.1. The zero-order chi connectivity index (χ0) is 16.1. The summed E-state index contributed by atoms with van der Waals surface area (Å²) in [6.07, 6.45) is -0.113. The van der Waals surface area contributed by atoms with E-state index in [4.69, 9.17) is 0 Å². The second kappa shape index (κ2) is 7.94. The first-order valence-corrected chi connectivity index (χ1v) is 8.47. The first-order chi connectivity index (χ1) is 10.5. The second-order valence-electron chi connectivity index (χ2n) is 5.00. The van der Waals surface area contributed by atoms with Crippen molar-refractivity contribution in [1.82, 2.24) is 0 Å². The van der Waals surface area contributed by atoms with Gasteiger partial charge in [0.25, 0.3) is 0 Å². The van der Waals surface area contributed by atoms with Gasteiger partial charge in [-0.1, -0.05) is 52.9 Å². The van der Waals surface area contributed by atoms with Crippen LogP contribution in [0.25, 0.3) is 0 Å². The minimum Gasteiger partial charge on any atom is -0.242 e. The Bertz CT molecular complexity index is 643. The molecule has 1 unspecified atom stereocenters. The third-order valence-corrected chi connectivity index (χ3v) is 4.25. The highest BCUT2D eigenvalue weighted by Gasteiger charge is 2.19. The Morgan fingerprint density at radius 2 is 1.64 bits per heavy atom. The van der Waals surface area contributed by atoms with E-state index in [0.29, 0.717) is 5.56 Å². The van der Waals surface area contributed by atoms with Crippen LogP contribution in [0, 0.1) is 17.5 Å². The van der Waals surface area contributed by atoms with Crippen molar-refractivity contribution in [3.8, 4) is 0 Å². The molecule has 118 valence electrons. The van der Waals surface area contributed by atoms with Crippen LogP contribution in [0.5, 0.6) is 0 Å². The first kappa shape index (κ1) is 17.2. The van der Waals surface area contributed by atoms with Gasteiger partial charge in [-0.3, -0.25) is 0 Å². The van der Waals surface area contributed by atoms with Gasteiger partial charge in [-0.05, 0) is 40.0 Å².